The highest BCUT2D eigenvalue weighted by atomic mass is 79.9. The van der Waals surface area contributed by atoms with Gasteiger partial charge >= 0.3 is 6.09 Å². The number of rotatable bonds is 2. The molecular weight excluding hydrogens is 430 g/mol. The Morgan fingerprint density at radius 1 is 1.31 bits per heavy atom. The summed E-state index contributed by atoms with van der Waals surface area (Å²) in [6, 6.07) is 7.78. The number of benzene rings is 1. The van der Waals surface area contributed by atoms with Crippen LogP contribution in [0.15, 0.2) is 28.7 Å². The molecule has 1 amide bonds. The summed E-state index contributed by atoms with van der Waals surface area (Å²) in [4.78, 5) is 22.7. The summed E-state index contributed by atoms with van der Waals surface area (Å²) < 4.78 is 6.64. The monoisotopic (exact) mass is 457 g/mol. The lowest BCUT2D eigenvalue weighted by Gasteiger charge is -2.27. The van der Waals surface area contributed by atoms with Crippen molar-refractivity contribution in [3.8, 4) is 11.8 Å². The first-order valence-electron chi connectivity index (χ1n) is 10.0. The van der Waals surface area contributed by atoms with E-state index in [1.165, 1.54) is 0 Å². The van der Waals surface area contributed by atoms with Crippen LogP contribution in [0.4, 0.5) is 4.79 Å². The second-order valence-corrected chi connectivity index (χ2v) is 9.46. The fraction of sp³-hybridized carbons (Fsp3) is 0.478. The lowest BCUT2D eigenvalue weighted by atomic mass is 10.1. The van der Waals surface area contributed by atoms with Crippen molar-refractivity contribution in [1.82, 2.24) is 14.9 Å². The van der Waals surface area contributed by atoms with Gasteiger partial charge in [0.1, 0.15) is 17.1 Å². The lowest BCUT2D eigenvalue weighted by molar-refractivity contribution is 0.0214. The van der Waals surface area contributed by atoms with Crippen molar-refractivity contribution in [2.45, 2.75) is 59.1 Å². The smallest absolute Gasteiger partial charge is 0.410 e. The summed E-state index contributed by atoms with van der Waals surface area (Å²) in [6.07, 6.45) is 1.34. The quantitative estimate of drug-likeness (QED) is 0.609. The van der Waals surface area contributed by atoms with E-state index in [1.807, 2.05) is 45.0 Å². The fourth-order valence-electron chi connectivity index (χ4n) is 3.44. The Hall–Kier alpha value is -2.26. The molecule has 1 aromatic carbocycles. The van der Waals surface area contributed by atoms with Crippen molar-refractivity contribution < 1.29 is 9.53 Å². The molecule has 0 saturated carbocycles. The van der Waals surface area contributed by atoms with E-state index in [0.717, 1.165) is 40.1 Å². The number of aryl methyl sites for hydroxylation is 1. The molecule has 0 radical (unpaired) electrons. The van der Waals surface area contributed by atoms with Gasteiger partial charge in [-0.05, 0) is 69.7 Å². The average Bonchev–Trinajstić information content (AvgIpc) is 3.23. The summed E-state index contributed by atoms with van der Waals surface area (Å²) in [6.45, 7) is 10.5. The number of amides is 1. The number of ether oxygens (including phenoxy) is 1. The van der Waals surface area contributed by atoms with Crippen LogP contribution in [-0.4, -0.2) is 33.1 Å². The van der Waals surface area contributed by atoms with Gasteiger partial charge in [0.25, 0.3) is 0 Å². The number of aromatic nitrogens is 2. The lowest BCUT2D eigenvalue weighted by Crippen LogP contribution is -2.37. The molecule has 2 atom stereocenters. The van der Waals surface area contributed by atoms with E-state index in [4.69, 9.17) is 9.72 Å². The van der Waals surface area contributed by atoms with Gasteiger partial charge in [-0.2, -0.15) is 0 Å². The van der Waals surface area contributed by atoms with Crippen LogP contribution in [0.25, 0.3) is 0 Å². The Balaban J connectivity index is 1.87. The number of imidazole rings is 1. The van der Waals surface area contributed by atoms with Gasteiger partial charge in [-0.1, -0.05) is 35.7 Å². The van der Waals surface area contributed by atoms with Gasteiger partial charge in [0.2, 0.25) is 0 Å². The van der Waals surface area contributed by atoms with Crippen LogP contribution in [0.2, 0.25) is 0 Å². The molecule has 0 spiro atoms. The van der Waals surface area contributed by atoms with E-state index in [0.29, 0.717) is 12.5 Å². The van der Waals surface area contributed by atoms with Crippen molar-refractivity contribution in [1.29, 1.82) is 0 Å². The maximum atomic E-state index is 12.7. The SMILES string of the molecule is CCc1nc(C2CC(C)CN2C(=O)OC(C)(C)C)[nH]c1C#Cc1ccc(Br)cc1. The molecule has 29 heavy (non-hydrogen) atoms. The number of aromatic amines is 1. The van der Waals surface area contributed by atoms with Crippen LogP contribution >= 0.6 is 15.9 Å². The molecule has 2 unspecified atom stereocenters. The summed E-state index contributed by atoms with van der Waals surface area (Å²) in [5.74, 6) is 7.59. The van der Waals surface area contributed by atoms with Gasteiger partial charge in [0.15, 0.2) is 0 Å². The van der Waals surface area contributed by atoms with Crippen molar-refractivity contribution in [2.75, 3.05) is 6.54 Å². The zero-order chi connectivity index (χ0) is 21.2. The number of carbonyl (C=O) groups is 1. The molecule has 0 aliphatic carbocycles. The average molecular weight is 458 g/mol. The predicted molar refractivity (Wildman–Crippen MR) is 118 cm³/mol. The number of H-pyrrole nitrogens is 1. The van der Waals surface area contributed by atoms with Gasteiger partial charge < -0.3 is 9.72 Å². The molecule has 1 aliphatic rings. The first kappa shape index (κ1) is 21.4. The molecule has 5 nitrogen and oxygen atoms in total. The summed E-state index contributed by atoms with van der Waals surface area (Å²) in [7, 11) is 0. The maximum Gasteiger partial charge on any atom is 0.410 e. The molecule has 1 aliphatic heterocycles. The number of likely N-dealkylation sites (tertiary alicyclic amines) is 1. The third kappa shape index (κ3) is 5.42. The normalized spacial score (nSPS) is 19.0. The summed E-state index contributed by atoms with van der Waals surface area (Å²) in [5.41, 5.74) is 2.16. The van der Waals surface area contributed by atoms with Crippen molar-refractivity contribution >= 4 is 22.0 Å². The standard InChI is InChI=1S/C23H28BrN3O2/c1-6-18-19(12-9-16-7-10-17(24)11-8-16)26-21(25-18)20-13-15(2)14-27(20)22(28)29-23(3,4)5/h7-8,10-11,15,20H,6,13-14H2,1-5H3,(H,25,26). The minimum Gasteiger partial charge on any atom is -0.444 e. The Kier molecular flexibility index (Phi) is 6.38. The van der Waals surface area contributed by atoms with Gasteiger partial charge in [-0.15, -0.1) is 0 Å². The Bertz CT molecular complexity index is 932. The van der Waals surface area contributed by atoms with Crippen LogP contribution in [-0.2, 0) is 11.2 Å². The fourth-order valence-corrected chi connectivity index (χ4v) is 3.71. The minimum atomic E-state index is -0.521. The van der Waals surface area contributed by atoms with Crippen molar-refractivity contribution in [3.63, 3.8) is 0 Å². The molecule has 2 heterocycles. The number of hydrogen-bond acceptors (Lipinski definition) is 3. The van der Waals surface area contributed by atoms with Crippen molar-refractivity contribution in [2.24, 2.45) is 5.92 Å². The summed E-state index contributed by atoms with van der Waals surface area (Å²) in [5, 5.41) is 0. The topological polar surface area (TPSA) is 58.2 Å². The first-order chi connectivity index (χ1) is 13.7. The van der Waals surface area contributed by atoms with E-state index in [-0.39, 0.29) is 12.1 Å². The zero-order valence-electron chi connectivity index (χ0n) is 17.7. The van der Waals surface area contributed by atoms with E-state index in [1.54, 1.807) is 4.90 Å². The molecule has 1 saturated heterocycles. The molecule has 1 aromatic heterocycles. The highest BCUT2D eigenvalue weighted by Crippen LogP contribution is 2.35. The van der Waals surface area contributed by atoms with Gasteiger partial charge in [0.05, 0.1) is 11.7 Å². The molecule has 2 aromatic rings. The maximum absolute atomic E-state index is 12.7. The van der Waals surface area contributed by atoms with E-state index >= 15 is 0 Å². The third-order valence-electron chi connectivity index (χ3n) is 4.76. The predicted octanol–water partition coefficient (Wildman–Crippen LogP) is 5.45. The van der Waals surface area contributed by atoms with E-state index in [2.05, 4.69) is 46.6 Å². The van der Waals surface area contributed by atoms with Gasteiger partial charge in [-0.25, -0.2) is 9.78 Å². The Morgan fingerprint density at radius 2 is 2.00 bits per heavy atom. The number of nitrogens with zero attached hydrogens (tertiary/aromatic N) is 2. The number of halogens is 1. The van der Waals surface area contributed by atoms with E-state index in [9.17, 15) is 4.79 Å². The highest BCUT2D eigenvalue weighted by molar-refractivity contribution is 9.10. The molecule has 3 rings (SSSR count). The molecule has 154 valence electrons. The largest absolute Gasteiger partial charge is 0.444 e. The van der Waals surface area contributed by atoms with Crippen molar-refractivity contribution in [3.05, 3.63) is 51.5 Å². The number of carbonyl (C=O) groups excluding carboxylic acids is 1. The van der Waals surface area contributed by atoms with Crippen LogP contribution < -0.4 is 0 Å². The number of nitrogens with one attached hydrogen (secondary N) is 1. The second kappa shape index (κ2) is 8.62. The second-order valence-electron chi connectivity index (χ2n) is 8.54. The van der Waals surface area contributed by atoms with Crippen LogP contribution in [0.1, 0.15) is 69.9 Å². The molecule has 0 bridgehead atoms. The van der Waals surface area contributed by atoms with Crippen LogP contribution in [0.3, 0.4) is 0 Å². The third-order valence-corrected chi connectivity index (χ3v) is 5.29. The van der Waals surface area contributed by atoms with Gasteiger partial charge in [-0.3, -0.25) is 4.90 Å². The minimum absolute atomic E-state index is 0.117. The van der Waals surface area contributed by atoms with E-state index < -0.39 is 5.60 Å². The Labute approximate surface area is 181 Å². The van der Waals surface area contributed by atoms with Crippen LogP contribution in [0, 0.1) is 17.8 Å². The Morgan fingerprint density at radius 3 is 2.62 bits per heavy atom. The number of hydrogen-bond donors (Lipinski definition) is 1. The molecule has 1 N–H and O–H groups in total. The molecule has 6 heteroatoms. The van der Waals surface area contributed by atoms with Crippen LogP contribution in [0.5, 0.6) is 0 Å². The first-order valence-corrected chi connectivity index (χ1v) is 10.8. The zero-order valence-corrected chi connectivity index (χ0v) is 19.3. The molecule has 1 fully saturated rings. The van der Waals surface area contributed by atoms with Gasteiger partial charge in [0, 0.05) is 16.6 Å². The highest BCUT2D eigenvalue weighted by Gasteiger charge is 2.38. The summed E-state index contributed by atoms with van der Waals surface area (Å²) >= 11 is 3.44. The molecular formula is C23H28BrN3O2.